The van der Waals surface area contributed by atoms with Gasteiger partial charge in [-0.1, -0.05) is 0 Å². The van der Waals surface area contributed by atoms with E-state index in [4.69, 9.17) is 5.73 Å². The van der Waals surface area contributed by atoms with Crippen LogP contribution in [-0.2, 0) is 13.2 Å². The van der Waals surface area contributed by atoms with Gasteiger partial charge in [0.25, 0.3) is 0 Å². The van der Waals surface area contributed by atoms with Crippen molar-refractivity contribution in [1.29, 1.82) is 0 Å². The third-order valence-electron chi connectivity index (χ3n) is 2.92. The fourth-order valence-electron chi connectivity index (χ4n) is 1.99. The Balaban J connectivity index is 2.14. The smallest absolute Gasteiger partial charge is 0.383 e. The van der Waals surface area contributed by atoms with Crippen LogP contribution in [-0.4, -0.2) is 15.6 Å². The molecule has 104 valence electrons. The minimum absolute atomic E-state index is 0.124. The highest BCUT2D eigenvalue weighted by atomic mass is 19.4. The van der Waals surface area contributed by atoms with Crippen molar-refractivity contribution < 1.29 is 13.2 Å². The number of amidine groups is 1. The first kappa shape index (κ1) is 12.5. The van der Waals surface area contributed by atoms with E-state index in [2.05, 4.69) is 15.4 Å². The maximum absolute atomic E-state index is 12.7. The number of anilines is 2. The molecule has 1 aromatic heterocycles. The van der Waals surface area contributed by atoms with Gasteiger partial charge in [0, 0.05) is 13.2 Å². The molecule has 2 heterocycles. The van der Waals surface area contributed by atoms with E-state index in [0.717, 1.165) is 12.1 Å². The third-order valence-corrected chi connectivity index (χ3v) is 2.92. The van der Waals surface area contributed by atoms with Gasteiger partial charge in [0.2, 0.25) is 0 Å². The number of rotatable bonds is 0. The standard InChI is InChI=1S/C12H10F3N5/c1-20-5-7-10(16)17-9-4-6(12(13,14)15)2-3-8(9)18-11(7)19-20/h2-5H,1H3,(H2,16,17)(H,18,19). The summed E-state index contributed by atoms with van der Waals surface area (Å²) in [6.07, 6.45) is -2.77. The molecular weight excluding hydrogens is 271 g/mol. The summed E-state index contributed by atoms with van der Waals surface area (Å²) < 4.78 is 39.6. The van der Waals surface area contributed by atoms with Crippen molar-refractivity contribution >= 4 is 23.0 Å². The topological polar surface area (TPSA) is 68.2 Å². The highest BCUT2D eigenvalue weighted by molar-refractivity contribution is 6.05. The van der Waals surface area contributed by atoms with E-state index < -0.39 is 11.7 Å². The number of aliphatic imine (C=N–C) groups is 1. The Labute approximate surface area is 111 Å². The van der Waals surface area contributed by atoms with Crippen LogP contribution in [0.1, 0.15) is 11.1 Å². The van der Waals surface area contributed by atoms with Crippen LogP contribution in [0.15, 0.2) is 29.4 Å². The molecule has 0 fully saturated rings. The molecule has 5 nitrogen and oxygen atoms in total. The summed E-state index contributed by atoms with van der Waals surface area (Å²) in [6, 6.07) is 3.27. The van der Waals surface area contributed by atoms with E-state index in [1.807, 2.05) is 0 Å². The van der Waals surface area contributed by atoms with Gasteiger partial charge in [0.05, 0.1) is 22.5 Å². The second-order valence-corrected chi connectivity index (χ2v) is 4.42. The molecule has 0 saturated heterocycles. The number of hydrogen-bond donors (Lipinski definition) is 2. The maximum atomic E-state index is 12.7. The second-order valence-electron chi connectivity index (χ2n) is 4.42. The first-order chi connectivity index (χ1) is 9.34. The number of fused-ring (bicyclic) bond motifs is 2. The van der Waals surface area contributed by atoms with Crippen LogP contribution in [0, 0.1) is 0 Å². The van der Waals surface area contributed by atoms with Gasteiger partial charge < -0.3 is 11.1 Å². The number of aryl methyl sites for hydroxylation is 1. The van der Waals surface area contributed by atoms with Gasteiger partial charge in [0.15, 0.2) is 5.82 Å². The Hall–Kier alpha value is -2.51. The van der Waals surface area contributed by atoms with Crippen molar-refractivity contribution in [3.63, 3.8) is 0 Å². The molecule has 0 atom stereocenters. The summed E-state index contributed by atoms with van der Waals surface area (Å²) in [5.74, 6) is 0.589. The zero-order valence-corrected chi connectivity index (χ0v) is 10.4. The number of nitrogens with zero attached hydrogens (tertiary/aromatic N) is 3. The van der Waals surface area contributed by atoms with E-state index in [1.54, 1.807) is 17.9 Å². The Bertz CT molecular complexity index is 714. The third kappa shape index (κ3) is 1.98. The fraction of sp³-hybridized carbons (Fsp3) is 0.167. The van der Waals surface area contributed by atoms with E-state index in [1.165, 1.54) is 6.07 Å². The Morgan fingerprint density at radius 1 is 1.30 bits per heavy atom. The lowest BCUT2D eigenvalue weighted by Crippen LogP contribution is -2.12. The molecular formula is C12H10F3N5. The van der Waals surface area contributed by atoms with Crippen LogP contribution in [0.2, 0.25) is 0 Å². The number of benzene rings is 1. The van der Waals surface area contributed by atoms with Crippen molar-refractivity contribution in [3.05, 3.63) is 35.5 Å². The van der Waals surface area contributed by atoms with Crippen LogP contribution in [0.25, 0.3) is 0 Å². The summed E-state index contributed by atoms with van der Waals surface area (Å²) >= 11 is 0. The van der Waals surface area contributed by atoms with Gasteiger partial charge >= 0.3 is 6.18 Å². The Kier molecular flexibility index (Phi) is 2.50. The highest BCUT2D eigenvalue weighted by Crippen LogP contribution is 2.38. The summed E-state index contributed by atoms with van der Waals surface area (Å²) in [6.45, 7) is 0. The average Bonchev–Trinajstić information content (AvgIpc) is 2.65. The van der Waals surface area contributed by atoms with Gasteiger partial charge in [0.1, 0.15) is 5.84 Å². The largest absolute Gasteiger partial charge is 0.416 e. The molecule has 0 unspecified atom stereocenters. The predicted molar refractivity (Wildman–Crippen MR) is 68.3 cm³/mol. The minimum atomic E-state index is -4.42. The quantitative estimate of drug-likeness (QED) is 0.779. The molecule has 0 aliphatic carbocycles. The van der Waals surface area contributed by atoms with E-state index in [-0.39, 0.29) is 11.5 Å². The molecule has 2 aromatic rings. The van der Waals surface area contributed by atoms with Crippen molar-refractivity contribution in [2.24, 2.45) is 17.8 Å². The minimum Gasteiger partial charge on any atom is -0.383 e. The summed E-state index contributed by atoms with van der Waals surface area (Å²) in [5, 5.41) is 7.09. The van der Waals surface area contributed by atoms with E-state index >= 15 is 0 Å². The summed E-state index contributed by atoms with van der Waals surface area (Å²) in [5.41, 5.74) is 6.16. The normalized spacial score (nSPS) is 13.9. The molecule has 0 radical (unpaired) electrons. The number of nitrogens with one attached hydrogen (secondary N) is 1. The Morgan fingerprint density at radius 3 is 2.75 bits per heavy atom. The molecule has 0 bridgehead atoms. The van der Waals surface area contributed by atoms with Crippen LogP contribution in [0.5, 0.6) is 0 Å². The average molecular weight is 281 g/mol. The van der Waals surface area contributed by atoms with Gasteiger partial charge in [-0.15, -0.1) is 0 Å². The Morgan fingerprint density at radius 2 is 2.05 bits per heavy atom. The SMILES string of the molecule is Cn1cc2c(n1)Nc1ccc(C(F)(F)F)cc1N=C2N. The molecule has 8 heteroatoms. The lowest BCUT2D eigenvalue weighted by atomic mass is 10.1. The van der Waals surface area contributed by atoms with Crippen molar-refractivity contribution in [2.75, 3.05) is 5.32 Å². The first-order valence-electron chi connectivity index (χ1n) is 5.71. The van der Waals surface area contributed by atoms with Crippen LogP contribution < -0.4 is 11.1 Å². The zero-order valence-electron chi connectivity index (χ0n) is 10.4. The molecule has 1 aliphatic rings. The monoisotopic (exact) mass is 281 g/mol. The molecule has 0 saturated carbocycles. The lowest BCUT2D eigenvalue weighted by molar-refractivity contribution is -0.137. The van der Waals surface area contributed by atoms with Gasteiger partial charge in [-0.25, -0.2) is 4.99 Å². The fourth-order valence-corrected chi connectivity index (χ4v) is 1.99. The summed E-state index contributed by atoms with van der Waals surface area (Å²) in [4.78, 5) is 4.05. The number of halogens is 3. The highest BCUT2D eigenvalue weighted by Gasteiger charge is 2.31. The molecule has 3 rings (SSSR count). The molecule has 3 N–H and O–H groups in total. The first-order valence-corrected chi connectivity index (χ1v) is 5.71. The number of alkyl halides is 3. The maximum Gasteiger partial charge on any atom is 0.416 e. The number of aromatic nitrogens is 2. The van der Waals surface area contributed by atoms with Gasteiger partial charge in [-0.3, -0.25) is 4.68 Å². The number of nitrogens with two attached hydrogens (primary N) is 1. The summed E-state index contributed by atoms with van der Waals surface area (Å²) in [7, 11) is 1.72. The molecule has 20 heavy (non-hydrogen) atoms. The predicted octanol–water partition coefficient (Wildman–Crippen LogP) is 2.53. The number of hydrogen-bond acceptors (Lipinski definition) is 4. The zero-order chi connectivity index (χ0) is 14.5. The van der Waals surface area contributed by atoms with Crippen molar-refractivity contribution in [2.45, 2.75) is 6.18 Å². The molecule has 0 spiro atoms. The lowest BCUT2D eigenvalue weighted by Gasteiger charge is -2.10. The second kappa shape index (κ2) is 3.99. The molecule has 1 aromatic carbocycles. The van der Waals surface area contributed by atoms with Gasteiger partial charge in [-0.2, -0.15) is 18.3 Å². The van der Waals surface area contributed by atoms with Crippen LogP contribution in [0.4, 0.5) is 30.4 Å². The van der Waals surface area contributed by atoms with Crippen molar-refractivity contribution in [3.8, 4) is 0 Å². The molecule has 0 amide bonds. The van der Waals surface area contributed by atoms with E-state index in [0.29, 0.717) is 17.1 Å². The van der Waals surface area contributed by atoms with Crippen LogP contribution >= 0.6 is 0 Å². The van der Waals surface area contributed by atoms with Crippen molar-refractivity contribution in [1.82, 2.24) is 9.78 Å². The van der Waals surface area contributed by atoms with Crippen LogP contribution in [0.3, 0.4) is 0 Å². The molecule has 1 aliphatic heterocycles. The van der Waals surface area contributed by atoms with E-state index in [9.17, 15) is 13.2 Å². The van der Waals surface area contributed by atoms with Gasteiger partial charge in [-0.05, 0) is 18.2 Å².